The summed E-state index contributed by atoms with van der Waals surface area (Å²) >= 11 is 0. The Morgan fingerprint density at radius 1 is 1.11 bits per heavy atom. The second kappa shape index (κ2) is 4.49. The maximum absolute atomic E-state index is 13.4. The fourth-order valence-corrected chi connectivity index (χ4v) is 1.66. The lowest BCUT2D eigenvalue weighted by Gasteiger charge is -2.06. The van der Waals surface area contributed by atoms with Gasteiger partial charge < -0.3 is 10.2 Å². The zero-order valence-corrected chi connectivity index (χ0v) is 9.64. The molecule has 2 N–H and O–H groups in total. The highest BCUT2D eigenvalue weighted by molar-refractivity contribution is 5.91. The average molecular weight is 246 g/mol. The van der Waals surface area contributed by atoms with Gasteiger partial charge in [-0.1, -0.05) is 18.2 Å². The normalized spacial score (nSPS) is 10.3. The van der Waals surface area contributed by atoms with Crippen LogP contribution < -0.4 is 0 Å². The first-order chi connectivity index (χ1) is 8.49. The van der Waals surface area contributed by atoms with Crippen molar-refractivity contribution in [1.29, 1.82) is 0 Å². The number of hydrogen-bond donors (Lipinski definition) is 2. The molecule has 0 fully saturated rings. The fraction of sp³-hybridized carbons (Fsp3) is 0.0714. The Morgan fingerprint density at radius 2 is 1.72 bits per heavy atom. The van der Waals surface area contributed by atoms with Crippen LogP contribution in [0.25, 0.3) is 11.1 Å². The number of aryl methyl sites for hydroxylation is 1. The highest BCUT2D eigenvalue weighted by atomic mass is 19.1. The molecular weight excluding hydrogens is 235 g/mol. The molecule has 0 aromatic heterocycles. The third-order valence-corrected chi connectivity index (χ3v) is 2.73. The molecule has 0 aliphatic heterocycles. The van der Waals surface area contributed by atoms with Gasteiger partial charge >= 0.3 is 5.97 Å². The molecule has 92 valence electrons. The third kappa shape index (κ3) is 2.18. The van der Waals surface area contributed by atoms with Gasteiger partial charge in [0, 0.05) is 0 Å². The minimum atomic E-state index is -1.20. The van der Waals surface area contributed by atoms with E-state index >= 15 is 0 Å². The summed E-state index contributed by atoms with van der Waals surface area (Å²) in [5.74, 6) is -1.87. The smallest absolute Gasteiger partial charge is 0.339 e. The SMILES string of the molecule is Cc1ccc(-c2ccc(C(=O)O)c(O)c2)cc1F. The molecule has 0 unspecified atom stereocenters. The summed E-state index contributed by atoms with van der Waals surface area (Å²) in [5.41, 5.74) is 1.51. The van der Waals surface area contributed by atoms with Gasteiger partial charge in [0.2, 0.25) is 0 Å². The number of carbonyl (C=O) groups is 1. The standard InChI is InChI=1S/C14H11FO3/c1-8-2-3-9(6-12(8)15)10-4-5-11(14(17)18)13(16)7-10/h2-7,16H,1H3,(H,17,18). The summed E-state index contributed by atoms with van der Waals surface area (Å²) in [5, 5.41) is 18.4. The number of aromatic carboxylic acids is 1. The van der Waals surface area contributed by atoms with Crippen molar-refractivity contribution in [3.63, 3.8) is 0 Å². The van der Waals surface area contributed by atoms with Crippen LogP contribution in [0.3, 0.4) is 0 Å². The van der Waals surface area contributed by atoms with Crippen LogP contribution in [0.2, 0.25) is 0 Å². The molecule has 0 bridgehead atoms. The topological polar surface area (TPSA) is 57.5 Å². The first-order valence-corrected chi connectivity index (χ1v) is 5.32. The summed E-state index contributed by atoms with van der Waals surface area (Å²) in [6.45, 7) is 1.66. The molecule has 3 nitrogen and oxygen atoms in total. The van der Waals surface area contributed by atoms with Gasteiger partial charge in [0.15, 0.2) is 0 Å². The van der Waals surface area contributed by atoms with Crippen molar-refractivity contribution in [2.45, 2.75) is 6.92 Å². The van der Waals surface area contributed by atoms with Gasteiger partial charge in [-0.05, 0) is 41.8 Å². The molecular formula is C14H11FO3. The van der Waals surface area contributed by atoms with Crippen molar-refractivity contribution in [3.05, 3.63) is 53.3 Å². The Kier molecular flexibility index (Phi) is 3.02. The molecule has 0 saturated heterocycles. The number of aromatic hydroxyl groups is 1. The second-order valence-electron chi connectivity index (χ2n) is 4.00. The largest absolute Gasteiger partial charge is 0.507 e. The lowest BCUT2D eigenvalue weighted by molar-refractivity contribution is 0.0694. The van der Waals surface area contributed by atoms with Crippen LogP contribution in [0.4, 0.5) is 4.39 Å². The Bertz CT molecular complexity index is 620. The van der Waals surface area contributed by atoms with Crippen molar-refractivity contribution in [2.24, 2.45) is 0 Å². The Labute approximate surface area is 103 Å². The van der Waals surface area contributed by atoms with Crippen LogP contribution in [0.5, 0.6) is 5.75 Å². The number of halogens is 1. The Balaban J connectivity index is 2.48. The number of benzene rings is 2. The lowest BCUT2D eigenvalue weighted by atomic mass is 10.0. The van der Waals surface area contributed by atoms with Gasteiger partial charge in [0.25, 0.3) is 0 Å². The van der Waals surface area contributed by atoms with E-state index in [1.54, 1.807) is 19.1 Å². The van der Waals surface area contributed by atoms with Crippen molar-refractivity contribution in [2.75, 3.05) is 0 Å². The van der Waals surface area contributed by atoms with Crippen molar-refractivity contribution in [1.82, 2.24) is 0 Å². The van der Waals surface area contributed by atoms with Crippen molar-refractivity contribution < 1.29 is 19.4 Å². The van der Waals surface area contributed by atoms with E-state index in [0.29, 0.717) is 16.7 Å². The first-order valence-electron chi connectivity index (χ1n) is 5.32. The molecule has 0 amide bonds. The Morgan fingerprint density at radius 3 is 2.28 bits per heavy atom. The summed E-state index contributed by atoms with van der Waals surface area (Å²) in [7, 11) is 0. The summed E-state index contributed by atoms with van der Waals surface area (Å²) in [4.78, 5) is 10.7. The molecule has 18 heavy (non-hydrogen) atoms. The van der Waals surface area contributed by atoms with Crippen LogP contribution in [-0.2, 0) is 0 Å². The van der Waals surface area contributed by atoms with E-state index in [0.717, 1.165) is 0 Å². The summed E-state index contributed by atoms with van der Waals surface area (Å²) in [6.07, 6.45) is 0. The molecule has 2 rings (SSSR count). The van der Waals surface area contributed by atoms with Crippen molar-refractivity contribution >= 4 is 5.97 Å². The lowest BCUT2D eigenvalue weighted by Crippen LogP contribution is -1.96. The average Bonchev–Trinajstić information content (AvgIpc) is 2.32. The van der Waals surface area contributed by atoms with Gasteiger partial charge in [-0.3, -0.25) is 0 Å². The number of rotatable bonds is 2. The van der Waals surface area contributed by atoms with Gasteiger partial charge in [-0.2, -0.15) is 0 Å². The van der Waals surface area contributed by atoms with E-state index in [1.165, 1.54) is 24.3 Å². The second-order valence-corrected chi connectivity index (χ2v) is 4.00. The van der Waals surface area contributed by atoms with Crippen LogP contribution >= 0.6 is 0 Å². The number of phenols is 1. The molecule has 0 radical (unpaired) electrons. The molecule has 0 spiro atoms. The van der Waals surface area contributed by atoms with Crippen LogP contribution in [0.1, 0.15) is 15.9 Å². The van der Waals surface area contributed by atoms with E-state index < -0.39 is 5.97 Å². The maximum Gasteiger partial charge on any atom is 0.339 e. The third-order valence-electron chi connectivity index (χ3n) is 2.73. The molecule has 0 heterocycles. The zero-order chi connectivity index (χ0) is 13.3. The fourth-order valence-electron chi connectivity index (χ4n) is 1.66. The maximum atomic E-state index is 13.4. The zero-order valence-electron chi connectivity index (χ0n) is 9.64. The number of carboxylic acid groups (broad SMARTS) is 1. The molecule has 2 aromatic carbocycles. The molecule has 0 aliphatic carbocycles. The molecule has 2 aromatic rings. The highest BCUT2D eigenvalue weighted by Crippen LogP contribution is 2.27. The molecule has 4 heteroatoms. The minimum Gasteiger partial charge on any atom is -0.507 e. The van der Waals surface area contributed by atoms with Gasteiger partial charge in [-0.15, -0.1) is 0 Å². The van der Waals surface area contributed by atoms with E-state index in [4.69, 9.17) is 5.11 Å². The van der Waals surface area contributed by atoms with Crippen LogP contribution in [0.15, 0.2) is 36.4 Å². The monoisotopic (exact) mass is 246 g/mol. The predicted molar refractivity (Wildman–Crippen MR) is 65.2 cm³/mol. The van der Waals surface area contributed by atoms with Gasteiger partial charge in [0.05, 0.1) is 0 Å². The first kappa shape index (κ1) is 12.1. The van der Waals surface area contributed by atoms with E-state index in [9.17, 15) is 14.3 Å². The van der Waals surface area contributed by atoms with E-state index in [1.807, 2.05) is 0 Å². The minimum absolute atomic E-state index is 0.175. The predicted octanol–water partition coefficient (Wildman–Crippen LogP) is 3.20. The van der Waals surface area contributed by atoms with Gasteiger partial charge in [0.1, 0.15) is 17.1 Å². The molecule has 0 atom stereocenters. The molecule has 0 saturated carbocycles. The van der Waals surface area contributed by atoms with Crippen LogP contribution in [-0.4, -0.2) is 16.2 Å². The quantitative estimate of drug-likeness (QED) is 0.855. The Hall–Kier alpha value is -2.36. The van der Waals surface area contributed by atoms with E-state index in [2.05, 4.69) is 0 Å². The van der Waals surface area contributed by atoms with Gasteiger partial charge in [-0.25, -0.2) is 9.18 Å². The number of hydrogen-bond acceptors (Lipinski definition) is 2. The van der Waals surface area contributed by atoms with Crippen LogP contribution in [0, 0.1) is 12.7 Å². The summed E-state index contributed by atoms with van der Waals surface area (Å²) in [6, 6.07) is 8.84. The summed E-state index contributed by atoms with van der Waals surface area (Å²) < 4.78 is 13.4. The molecule has 0 aliphatic rings. The van der Waals surface area contributed by atoms with Crippen molar-refractivity contribution in [3.8, 4) is 16.9 Å². The number of carboxylic acids is 1. The van der Waals surface area contributed by atoms with E-state index in [-0.39, 0.29) is 17.1 Å². The highest BCUT2D eigenvalue weighted by Gasteiger charge is 2.11.